The van der Waals surface area contributed by atoms with E-state index in [9.17, 15) is 0 Å². The number of rotatable bonds is 1. The Morgan fingerprint density at radius 3 is 2.41 bits per heavy atom. The quantitative estimate of drug-likeness (QED) is 0.445. The maximum Gasteiger partial charge on any atom is 0.123 e. The van der Waals surface area contributed by atoms with Crippen LogP contribution in [0.2, 0.25) is 0 Å². The van der Waals surface area contributed by atoms with Gasteiger partial charge in [0.2, 0.25) is 0 Å². The van der Waals surface area contributed by atoms with E-state index >= 15 is 0 Å². The molecule has 0 radical (unpaired) electrons. The van der Waals surface area contributed by atoms with E-state index in [2.05, 4.69) is 55.1 Å². The summed E-state index contributed by atoms with van der Waals surface area (Å²) in [6.45, 7) is 4.77. The summed E-state index contributed by atoms with van der Waals surface area (Å²) < 4.78 is 0. The fourth-order valence-electron chi connectivity index (χ4n) is 8.13. The highest BCUT2D eigenvalue weighted by atomic mass is 32.1. The summed E-state index contributed by atoms with van der Waals surface area (Å²) in [6, 6.07) is 14.0. The number of fused-ring (bicyclic) bond motifs is 3. The lowest BCUT2D eigenvalue weighted by atomic mass is 9.48. The lowest BCUT2D eigenvalue weighted by Gasteiger charge is -2.63. The maximum atomic E-state index is 4.79. The molecule has 4 bridgehead atoms. The molecule has 2 nitrogen and oxygen atoms in total. The summed E-state index contributed by atoms with van der Waals surface area (Å²) in [5.74, 6) is 3.56. The molecular weight excluding hydrogens is 372 g/mol. The van der Waals surface area contributed by atoms with Crippen molar-refractivity contribution in [2.45, 2.75) is 57.5 Å². The zero-order valence-electron chi connectivity index (χ0n) is 17.3. The molecule has 8 rings (SSSR count). The number of aromatic nitrogens is 1. The second-order valence-electron chi connectivity index (χ2n) is 10.2. The first-order valence-electron chi connectivity index (χ1n) is 11.4. The highest BCUT2D eigenvalue weighted by Crippen LogP contribution is 2.70. The normalized spacial score (nSPS) is 37.0. The van der Waals surface area contributed by atoms with Gasteiger partial charge in [0.05, 0.1) is 11.6 Å². The molecule has 0 unspecified atom stereocenters. The van der Waals surface area contributed by atoms with Gasteiger partial charge in [0, 0.05) is 27.7 Å². The van der Waals surface area contributed by atoms with E-state index in [4.69, 9.17) is 4.98 Å². The monoisotopic (exact) mass is 400 g/mol. The van der Waals surface area contributed by atoms with Crippen molar-refractivity contribution in [1.82, 2.24) is 4.98 Å². The third kappa shape index (κ3) is 1.96. The van der Waals surface area contributed by atoms with Gasteiger partial charge in [0.1, 0.15) is 4.83 Å². The lowest BCUT2D eigenvalue weighted by Crippen LogP contribution is -2.62. The van der Waals surface area contributed by atoms with Crippen LogP contribution in [0.15, 0.2) is 42.6 Å². The Labute approximate surface area is 177 Å². The number of pyridine rings is 1. The van der Waals surface area contributed by atoms with Crippen molar-refractivity contribution < 1.29 is 0 Å². The molecule has 4 aliphatic carbocycles. The van der Waals surface area contributed by atoms with E-state index in [1.807, 2.05) is 17.5 Å². The molecular formula is C26H28N2S. The SMILES string of the molecule is Cc1ccccc1N1[C@@H](C)c2c(sc3ncccc23)C12C1CC3CC(C1)CC2C3. The van der Waals surface area contributed by atoms with Crippen LogP contribution in [0, 0.1) is 30.6 Å². The molecule has 1 aliphatic heterocycles. The van der Waals surface area contributed by atoms with Crippen LogP contribution in [0.3, 0.4) is 0 Å². The van der Waals surface area contributed by atoms with Gasteiger partial charge in [-0.15, -0.1) is 11.3 Å². The average molecular weight is 401 g/mol. The minimum absolute atomic E-state index is 0.194. The number of aryl methyl sites for hydroxylation is 1. The van der Waals surface area contributed by atoms with Crippen molar-refractivity contribution in [3.05, 3.63) is 58.6 Å². The summed E-state index contributed by atoms with van der Waals surface area (Å²) in [4.78, 5) is 10.6. The highest BCUT2D eigenvalue weighted by Gasteiger charge is 2.65. The summed E-state index contributed by atoms with van der Waals surface area (Å²) in [5, 5.41) is 1.41. The summed E-state index contributed by atoms with van der Waals surface area (Å²) >= 11 is 2.02. The summed E-state index contributed by atoms with van der Waals surface area (Å²) in [6.07, 6.45) is 9.21. The average Bonchev–Trinajstić information content (AvgIpc) is 3.21. The van der Waals surface area contributed by atoms with E-state index in [1.165, 1.54) is 53.6 Å². The van der Waals surface area contributed by atoms with Crippen LogP contribution in [0.1, 0.15) is 61.1 Å². The summed E-state index contributed by atoms with van der Waals surface area (Å²) in [5.41, 5.74) is 4.67. The van der Waals surface area contributed by atoms with Gasteiger partial charge < -0.3 is 4.90 Å². The van der Waals surface area contributed by atoms with E-state index in [-0.39, 0.29) is 5.54 Å². The topological polar surface area (TPSA) is 16.1 Å². The lowest BCUT2D eigenvalue weighted by molar-refractivity contribution is -0.0588. The van der Waals surface area contributed by atoms with Gasteiger partial charge in [-0.05, 0) is 87.3 Å². The molecule has 3 heterocycles. The van der Waals surface area contributed by atoms with E-state index in [0.717, 1.165) is 23.7 Å². The molecule has 0 amide bonds. The Morgan fingerprint density at radius 2 is 1.69 bits per heavy atom. The van der Waals surface area contributed by atoms with Crippen LogP contribution < -0.4 is 4.90 Å². The molecule has 2 aromatic heterocycles. The minimum atomic E-state index is 0.194. The molecule has 1 atom stereocenters. The van der Waals surface area contributed by atoms with Crippen molar-refractivity contribution in [1.29, 1.82) is 0 Å². The Bertz CT molecular complexity index is 1100. The minimum Gasteiger partial charge on any atom is -0.353 e. The first kappa shape index (κ1) is 16.9. The number of hydrogen-bond donors (Lipinski definition) is 0. The third-order valence-electron chi connectivity index (χ3n) is 8.83. The van der Waals surface area contributed by atoms with Crippen LogP contribution in [-0.4, -0.2) is 4.98 Å². The number of anilines is 1. The second kappa shape index (κ2) is 5.63. The van der Waals surface area contributed by atoms with Gasteiger partial charge in [-0.25, -0.2) is 4.98 Å². The number of nitrogens with zero attached hydrogens (tertiary/aromatic N) is 2. The summed E-state index contributed by atoms with van der Waals surface area (Å²) in [7, 11) is 0. The molecule has 0 N–H and O–H groups in total. The Hall–Kier alpha value is -1.87. The van der Waals surface area contributed by atoms with Gasteiger partial charge >= 0.3 is 0 Å². The van der Waals surface area contributed by atoms with E-state index in [1.54, 1.807) is 10.4 Å². The van der Waals surface area contributed by atoms with Crippen molar-refractivity contribution >= 4 is 27.2 Å². The largest absolute Gasteiger partial charge is 0.353 e. The molecule has 4 fully saturated rings. The van der Waals surface area contributed by atoms with Gasteiger partial charge in [-0.3, -0.25) is 0 Å². The molecule has 1 spiro atoms. The Balaban J connectivity index is 1.54. The Morgan fingerprint density at radius 1 is 0.966 bits per heavy atom. The van der Waals surface area contributed by atoms with Crippen molar-refractivity contribution in [3.8, 4) is 0 Å². The molecule has 4 saturated carbocycles. The molecule has 3 aromatic rings. The number of para-hydroxylation sites is 1. The first-order chi connectivity index (χ1) is 14.2. The van der Waals surface area contributed by atoms with Gasteiger partial charge in [0.25, 0.3) is 0 Å². The van der Waals surface area contributed by atoms with E-state index in [0.29, 0.717) is 6.04 Å². The highest BCUT2D eigenvalue weighted by molar-refractivity contribution is 7.19. The molecule has 148 valence electrons. The predicted octanol–water partition coefficient (Wildman–Crippen LogP) is 6.84. The molecule has 1 aromatic carbocycles. The zero-order valence-corrected chi connectivity index (χ0v) is 18.1. The van der Waals surface area contributed by atoms with Gasteiger partial charge in [-0.2, -0.15) is 0 Å². The smallest absolute Gasteiger partial charge is 0.123 e. The number of benzene rings is 1. The number of hydrogen-bond acceptors (Lipinski definition) is 3. The molecule has 5 aliphatic rings. The fourth-order valence-corrected chi connectivity index (χ4v) is 9.71. The predicted molar refractivity (Wildman–Crippen MR) is 120 cm³/mol. The van der Waals surface area contributed by atoms with Gasteiger partial charge in [0.15, 0.2) is 0 Å². The van der Waals surface area contributed by atoms with Crippen LogP contribution in [0.25, 0.3) is 10.2 Å². The first-order valence-corrected chi connectivity index (χ1v) is 12.2. The zero-order chi connectivity index (χ0) is 19.3. The van der Waals surface area contributed by atoms with Crippen molar-refractivity contribution in [3.63, 3.8) is 0 Å². The van der Waals surface area contributed by atoms with Crippen LogP contribution in [-0.2, 0) is 5.54 Å². The molecule has 0 saturated heterocycles. The Kier molecular flexibility index (Phi) is 3.28. The molecule has 29 heavy (non-hydrogen) atoms. The van der Waals surface area contributed by atoms with E-state index < -0.39 is 0 Å². The second-order valence-corrected chi connectivity index (χ2v) is 11.2. The standard InChI is InChI=1S/C26H28N2S/c1-15-6-3-4-8-22(15)28-16(2)23-21-7-5-9-27-25(21)29-24(23)26(28)19-11-17-10-18(13-19)14-20(26)12-17/h3-9,16-20H,10-14H2,1-2H3/t16-,17?,18?,19?,20?,26?/m0/s1. The fraction of sp³-hybridized carbons (Fsp3) is 0.500. The van der Waals surface area contributed by atoms with Crippen LogP contribution >= 0.6 is 11.3 Å². The van der Waals surface area contributed by atoms with Gasteiger partial charge in [-0.1, -0.05) is 24.3 Å². The maximum absolute atomic E-state index is 4.79. The van der Waals surface area contributed by atoms with Crippen LogP contribution in [0.5, 0.6) is 0 Å². The van der Waals surface area contributed by atoms with Crippen LogP contribution in [0.4, 0.5) is 5.69 Å². The number of thiophene rings is 1. The van der Waals surface area contributed by atoms with Crippen molar-refractivity contribution in [2.75, 3.05) is 4.90 Å². The third-order valence-corrected chi connectivity index (χ3v) is 10.1. The molecule has 3 heteroatoms. The van der Waals surface area contributed by atoms with Crippen molar-refractivity contribution in [2.24, 2.45) is 23.7 Å².